The van der Waals surface area contributed by atoms with Crippen LogP contribution in [0.15, 0.2) is 46.9 Å². The van der Waals surface area contributed by atoms with Crippen LogP contribution in [-0.4, -0.2) is 49.2 Å². The Balaban J connectivity index is 1.89. The Labute approximate surface area is 177 Å². The molecule has 158 valence electrons. The molecule has 0 amide bonds. The Morgan fingerprint density at radius 1 is 1.20 bits per heavy atom. The third-order valence-corrected chi connectivity index (χ3v) is 6.07. The summed E-state index contributed by atoms with van der Waals surface area (Å²) in [5, 5.41) is 14.1. The molecule has 0 radical (unpaired) electrons. The molecule has 1 unspecified atom stereocenters. The summed E-state index contributed by atoms with van der Waals surface area (Å²) in [7, 11) is 1.61. The number of carbonyl (C=O) groups excluding carboxylic acids is 1. The quantitative estimate of drug-likeness (QED) is 0.822. The molecule has 30 heavy (non-hydrogen) atoms. The van der Waals surface area contributed by atoms with Gasteiger partial charge in [-0.3, -0.25) is 9.80 Å². The average molecular weight is 409 g/mol. The minimum Gasteiger partial charge on any atom is -0.497 e. The minimum atomic E-state index is -0.461. The fraction of sp³-hybridized carbons (Fsp3) is 0.478. The van der Waals surface area contributed by atoms with E-state index in [0.717, 1.165) is 23.4 Å². The molecular formula is C23H28N4O3. The van der Waals surface area contributed by atoms with Crippen LogP contribution >= 0.6 is 0 Å². The van der Waals surface area contributed by atoms with Crippen molar-refractivity contribution in [2.24, 2.45) is 11.1 Å². The lowest BCUT2D eigenvalue weighted by molar-refractivity contribution is -0.119. The summed E-state index contributed by atoms with van der Waals surface area (Å²) in [6, 6.07) is 9.84. The summed E-state index contributed by atoms with van der Waals surface area (Å²) in [5.41, 5.74) is 9.34. The monoisotopic (exact) mass is 408 g/mol. The summed E-state index contributed by atoms with van der Waals surface area (Å²) < 4.78 is 10.8. The summed E-state index contributed by atoms with van der Waals surface area (Å²) in [6.07, 6.45) is 1.17. The van der Waals surface area contributed by atoms with Gasteiger partial charge in [-0.2, -0.15) is 5.26 Å². The second-order valence-electron chi connectivity index (χ2n) is 8.80. The second-order valence-corrected chi connectivity index (χ2v) is 8.80. The van der Waals surface area contributed by atoms with E-state index in [1.807, 2.05) is 29.3 Å². The van der Waals surface area contributed by atoms with Crippen LogP contribution in [0.1, 0.15) is 38.2 Å². The van der Waals surface area contributed by atoms with E-state index in [1.54, 1.807) is 7.11 Å². The first-order valence-corrected chi connectivity index (χ1v) is 10.3. The number of rotatable bonds is 3. The topological polar surface area (TPSA) is 91.8 Å². The van der Waals surface area contributed by atoms with E-state index in [0.29, 0.717) is 49.7 Å². The van der Waals surface area contributed by atoms with Gasteiger partial charge in [0.1, 0.15) is 11.6 Å². The van der Waals surface area contributed by atoms with Gasteiger partial charge in [-0.05, 0) is 29.5 Å². The first-order chi connectivity index (χ1) is 14.4. The van der Waals surface area contributed by atoms with Crippen molar-refractivity contribution in [1.29, 1.82) is 5.26 Å². The summed E-state index contributed by atoms with van der Waals surface area (Å²) in [5.74, 6) is 0.757. The minimum absolute atomic E-state index is 0.0839. The third-order valence-electron chi connectivity index (χ3n) is 6.07. The van der Waals surface area contributed by atoms with Crippen molar-refractivity contribution in [2.75, 3.05) is 33.4 Å². The number of ether oxygens (including phenoxy) is 2. The van der Waals surface area contributed by atoms with Gasteiger partial charge in [-0.15, -0.1) is 0 Å². The summed E-state index contributed by atoms with van der Waals surface area (Å²) in [6.45, 7) is 6.72. The number of carbonyl (C=O) groups is 1. The molecule has 0 spiro atoms. The van der Waals surface area contributed by atoms with Crippen molar-refractivity contribution in [3.05, 3.63) is 52.5 Å². The Morgan fingerprint density at radius 3 is 2.47 bits per heavy atom. The van der Waals surface area contributed by atoms with Gasteiger partial charge in [0.15, 0.2) is 5.78 Å². The number of morpholine rings is 1. The number of nitrogens with two attached hydrogens (primary N) is 1. The van der Waals surface area contributed by atoms with Crippen molar-refractivity contribution >= 4 is 5.78 Å². The number of methoxy groups -OCH3 is 1. The Kier molecular flexibility index (Phi) is 5.31. The van der Waals surface area contributed by atoms with Gasteiger partial charge in [0, 0.05) is 30.8 Å². The number of hydrogen-bond acceptors (Lipinski definition) is 7. The van der Waals surface area contributed by atoms with Crippen LogP contribution in [0.4, 0.5) is 0 Å². The fourth-order valence-electron chi connectivity index (χ4n) is 4.70. The molecule has 1 aromatic rings. The third kappa shape index (κ3) is 3.47. The van der Waals surface area contributed by atoms with E-state index in [9.17, 15) is 10.1 Å². The molecule has 1 atom stereocenters. The maximum Gasteiger partial charge on any atom is 0.162 e. The van der Waals surface area contributed by atoms with E-state index in [4.69, 9.17) is 15.2 Å². The van der Waals surface area contributed by atoms with Gasteiger partial charge in [0.2, 0.25) is 0 Å². The number of nitriles is 1. The van der Waals surface area contributed by atoms with Crippen LogP contribution in [0, 0.1) is 16.7 Å². The van der Waals surface area contributed by atoms with Crippen molar-refractivity contribution in [2.45, 2.75) is 32.6 Å². The molecular weight excluding hydrogens is 380 g/mol. The highest BCUT2D eigenvalue weighted by molar-refractivity contribution is 6.00. The van der Waals surface area contributed by atoms with Gasteiger partial charge in [-0.25, -0.2) is 5.01 Å². The number of allylic oxidation sites excluding steroid dienone is 3. The molecule has 0 aromatic heterocycles. The zero-order valence-corrected chi connectivity index (χ0v) is 17.8. The number of hydrogen-bond donors (Lipinski definition) is 1. The van der Waals surface area contributed by atoms with Crippen molar-refractivity contribution in [3.8, 4) is 11.8 Å². The zero-order valence-electron chi connectivity index (χ0n) is 17.8. The van der Waals surface area contributed by atoms with Crippen molar-refractivity contribution in [3.63, 3.8) is 0 Å². The molecule has 0 bridgehead atoms. The molecule has 1 aromatic carbocycles. The molecule has 2 heterocycles. The predicted molar refractivity (Wildman–Crippen MR) is 112 cm³/mol. The smallest absolute Gasteiger partial charge is 0.162 e. The molecule has 1 aliphatic carbocycles. The van der Waals surface area contributed by atoms with E-state index in [2.05, 4.69) is 24.9 Å². The number of benzene rings is 1. The van der Waals surface area contributed by atoms with E-state index < -0.39 is 5.92 Å². The standard InChI is InChI=1S/C23H28N4O3/c1-23(2)12-18-21(19(28)13-23)20(15-4-6-16(29-3)7-5-15)17(14-24)22(25)27(18)26-8-10-30-11-9-26/h4-7,20H,8-13,25H2,1-3H3. The number of nitrogens with zero attached hydrogens (tertiary/aromatic N) is 3. The fourth-order valence-corrected chi connectivity index (χ4v) is 4.70. The first-order valence-electron chi connectivity index (χ1n) is 10.3. The summed E-state index contributed by atoms with van der Waals surface area (Å²) in [4.78, 5) is 13.4. The summed E-state index contributed by atoms with van der Waals surface area (Å²) >= 11 is 0. The zero-order chi connectivity index (χ0) is 21.5. The maximum atomic E-state index is 13.4. The van der Waals surface area contributed by atoms with E-state index in [1.165, 1.54) is 0 Å². The van der Waals surface area contributed by atoms with Gasteiger partial charge in [0.05, 0.1) is 37.9 Å². The van der Waals surface area contributed by atoms with Crippen LogP contribution < -0.4 is 10.5 Å². The molecule has 0 saturated carbocycles. The molecule has 1 fully saturated rings. The van der Waals surface area contributed by atoms with Gasteiger partial charge >= 0.3 is 0 Å². The van der Waals surface area contributed by atoms with E-state index in [-0.39, 0.29) is 11.2 Å². The van der Waals surface area contributed by atoms with Crippen LogP contribution in [0.3, 0.4) is 0 Å². The lowest BCUT2D eigenvalue weighted by atomic mass is 9.69. The van der Waals surface area contributed by atoms with Crippen LogP contribution in [-0.2, 0) is 9.53 Å². The highest BCUT2D eigenvalue weighted by Gasteiger charge is 2.45. The van der Waals surface area contributed by atoms with Crippen molar-refractivity contribution in [1.82, 2.24) is 10.0 Å². The highest BCUT2D eigenvalue weighted by atomic mass is 16.5. The van der Waals surface area contributed by atoms with Crippen LogP contribution in [0.5, 0.6) is 5.75 Å². The molecule has 2 aliphatic heterocycles. The predicted octanol–water partition coefficient (Wildman–Crippen LogP) is 2.68. The van der Waals surface area contributed by atoms with Gasteiger partial charge < -0.3 is 15.2 Å². The Hall–Kier alpha value is -2.82. The molecule has 3 aliphatic rings. The first kappa shape index (κ1) is 20.5. The molecule has 1 saturated heterocycles. The van der Waals surface area contributed by atoms with Gasteiger partial charge in [0.25, 0.3) is 0 Å². The number of hydrazine groups is 1. The second kappa shape index (κ2) is 7.78. The number of Topliss-reactive ketones (excluding diaryl/α,β-unsaturated/α-hetero) is 1. The highest BCUT2D eigenvalue weighted by Crippen LogP contribution is 2.49. The maximum absolute atomic E-state index is 13.4. The molecule has 7 heteroatoms. The largest absolute Gasteiger partial charge is 0.497 e. The lowest BCUT2D eigenvalue weighted by Crippen LogP contribution is -2.53. The molecule has 7 nitrogen and oxygen atoms in total. The van der Waals surface area contributed by atoms with Gasteiger partial charge in [-0.1, -0.05) is 26.0 Å². The van der Waals surface area contributed by atoms with E-state index >= 15 is 0 Å². The number of ketones is 1. The molecule has 4 rings (SSSR count). The SMILES string of the molecule is COc1ccc(C2C(C#N)=C(N)N(N3CCOCC3)C3=C2C(=O)CC(C)(C)C3)cc1. The Bertz CT molecular complexity index is 950. The Morgan fingerprint density at radius 2 is 1.87 bits per heavy atom. The lowest BCUT2D eigenvalue weighted by Gasteiger charge is -2.48. The molecule has 2 N–H and O–H groups in total. The normalized spacial score (nSPS) is 24.5. The van der Waals surface area contributed by atoms with Crippen LogP contribution in [0.25, 0.3) is 0 Å². The van der Waals surface area contributed by atoms with Crippen LogP contribution in [0.2, 0.25) is 0 Å². The van der Waals surface area contributed by atoms with Crippen molar-refractivity contribution < 1.29 is 14.3 Å². The average Bonchev–Trinajstić information content (AvgIpc) is 2.73.